The van der Waals surface area contributed by atoms with Crippen LogP contribution in [0.5, 0.6) is 0 Å². The lowest BCUT2D eigenvalue weighted by Gasteiger charge is -1.96. The number of ether oxygens (including phenoxy) is 1. The third-order valence-corrected chi connectivity index (χ3v) is 4.94. The number of rotatable bonds is 9. The van der Waals surface area contributed by atoms with E-state index in [9.17, 15) is 0 Å². The zero-order valence-corrected chi connectivity index (χ0v) is 10.8. The number of hydrogen-bond donors (Lipinski definition) is 0. The van der Waals surface area contributed by atoms with Crippen LogP contribution in [0.2, 0.25) is 0 Å². The zero-order chi connectivity index (χ0) is 10.2. The smallest absolute Gasteiger partial charge is 0.301 e. The Morgan fingerprint density at radius 3 is 2.93 bits per heavy atom. The highest BCUT2D eigenvalue weighted by atomic mass is 32.2. The van der Waals surface area contributed by atoms with Crippen molar-refractivity contribution in [3.05, 3.63) is 0 Å². The molecular weight excluding hydrogens is 216 g/mol. The van der Waals surface area contributed by atoms with Crippen molar-refractivity contribution in [1.82, 2.24) is 0 Å². The molecule has 0 bridgehead atoms. The maximum Gasteiger partial charge on any atom is 0.301 e. The summed E-state index contributed by atoms with van der Waals surface area (Å²) in [6.45, 7) is 6.12. The van der Waals surface area contributed by atoms with Crippen molar-refractivity contribution in [2.24, 2.45) is 0 Å². The van der Waals surface area contributed by atoms with Crippen LogP contribution in [0.3, 0.4) is 0 Å². The Hall–Kier alpha value is 0.620. The molecule has 2 unspecified atom stereocenters. The quantitative estimate of drug-likeness (QED) is 0.349. The fraction of sp³-hybridized carbons (Fsp3) is 1.00. The Bertz CT molecular complexity index is 144. The van der Waals surface area contributed by atoms with Crippen molar-refractivity contribution in [2.75, 3.05) is 30.5 Å². The molecule has 1 heterocycles. The molecule has 1 rings (SSSR count). The van der Waals surface area contributed by atoms with Gasteiger partial charge in [-0.05, 0) is 12.2 Å². The van der Waals surface area contributed by atoms with E-state index < -0.39 is 0 Å². The Kier molecular flexibility index (Phi) is 7.12. The Balaban J connectivity index is 1.82. The SMILES string of the molecule is CCCOCCC1O[S+]1CCSCC. The summed E-state index contributed by atoms with van der Waals surface area (Å²) in [4.78, 5) is 0. The molecule has 0 radical (unpaired) electrons. The van der Waals surface area contributed by atoms with Gasteiger partial charge in [0.2, 0.25) is 0 Å². The van der Waals surface area contributed by atoms with Crippen LogP contribution >= 0.6 is 11.8 Å². The van der Waals surface area contributed by atoms with Gasteiger partial charge in [-0.3, -0.25) is 0 Å². The van der Waals surface area contributed by atoms with Crippen LogP contribution < -0.4 is 0 Å². The second-order valence-corrected chi connectivity index (χ2v) is 6.49. The highest BCUT2D eigenvalue weighted by molar-refractivity contribution is 8.02. The minimum Gasteiger partial charge on any atom is -0.381 e. The molecule has 0 aliphatic carbocycles. The summed E-state index contributed by atoms with van der Waals surface area (Å²) in [7, 11) is 0. The molecule has 2 atom stereocenters. The van der Waals surface area contributed by atoms with Gasteiger partial charge in [0.25, 0.3) is 0 Å². The standard InChI is InChI=1S/C10H21O2S2/c1-3-6-11-7-5-10-12-14(10)9-8-13-4-2/h10H,3-9H2,1-2H3/q+1. The molecule has 0 aromatic rings. The Morgan fingerprint density at radius 2 is 2.21 bits per heavy atom. The van der Waals surface area contributed by atoms with Gasteiger partial charge in [-0.25, -0.2) is 0 Å². The topological polar surface area (TPSA) is 21.8 Å². The maximum atomic E-state index is 5.58. The van der Waals surface area contributed by atoms with E-state index in [-0.39, 0.29) is 11.2 Å². The molecule has 4 heteroatoms. The first-order valence-corrected chi connectivity index (χ1v) is 7.94. The average Bonchev–Trinajstić information content (AvgIpc) is 2.92. The van der Waals surface area contributed by atoms with E-state index in [1.54, 1.807) is 0 Å². The minimum absolute atomic E-state index is 0.289. The van der Waals surface area contributed by atoms with Crippen molar-refractivity contribution in [3.8, 4) is 0 Å². The van der Waals surface area contributed by atoms with Crippen LogP contribution in [0, 0.1) is 0 Å². The first-order chi connectivity index (χ1) is 6.88. The van der Waals surface area contributed by atoms with Crippen LogP contribution in [0.4, 0.5) is 0 Å². The molecule has 2 nitrogen and oxygen atoms in total. The van der Waals surface area contributed by atoms with Gasteiger partial charge < -0.3 is 4.74 Å². The Labute approximate surface area is 94.7 Å². The van der Waals surface area contributed by atoms with E-state index in [1.807, 2.05) is 11.8 Å². The lowest BCUT2D eigenvalue weighted by atomic mass is 10.5. The van der Waals surface area contributed by atoms with Crippen LogP contribution in [-0.4, -0.2) is 35.9 Å². The molecule has 1 aliphatic heterocycles. The van der Waals surface area contributed by atoms with E-state index >= 15 is 0 Å². The number of thioether (sulfide) groups is 1. The molecule has 14 heavy (non-hydrogen) atoms. The first-order valence-electron chi connectivity index (χ1n) is 5.40. The van der Waals surface area contributed by atoms with Gasteiger partial charge in [0, 0.05) is 12.4 Å². The summed E-state index contributed by atoms with van der Waals surface area (Å²) in [5.74, 6) is 3.73. The zero-order valence-electron chi connectivity index (χ0n) is 9.16. The molecule has 0 N–H and O–H groups in total. The Morgan fingerprint density at radius 1 is 1.36 bits per heavy atom. The first kappa shape index (κ1) is 12.7. The van der Waals surface area contributed by atoms with E-state index in [0.717, 1.165) is 26.1 Å². The second-order valence-electron chi connectivity index (χ2n) is 3.21. The lowest BCUT2D eigenvalue weighted by Crippen LogP contribution is -2.03. The summed E-state index contributed by atoms with van der Waals surface area (Å²) >= 11 is 2.30. The van der Waals surface area contributed by atoms with E-state index in [1.165, 1.54) is 17.3 Å². The van der Waals surface area contributed by atoms with Gasteiger partial charge in [-0.1, -0.05) is 13.8 Å². The third-order valence-electron chi connectivity index (χ3n) is 1.97. The van der Waals surface area contributed by atoms with E-state index in [4.69, 9.17) is 8.92 Å². The third kappa shape index (κ3) is 5.49. The predicted octanol–water partition coefficient (Wildman–Crippen LogP) is 2.45. The van der Waals surface area contributed by atoms with Crippen LogP contribution in [0.1, 0.15) is 26.7 Å². The monoisotopic (exact) mass is 237 g/mol. The molecule has 1 aliphatic rings. The molecule has 0 spiro atoms. The molecule has 84 valence electrons. The second kappa shape index (κ2) is 7.85. The molecule has 1 fully saturated rings. The summed E-state index contributed by atoms with van der Waals surface area (Å²) in [5, 5.41) is 0. The summed E-state index contributed by atoms with van der Waals surface area (Å²) < 4.78 is 11.0. The van der Waals surface area contributed by atoms with Gasteiger partial charge in [0.1, 0.15) is 0 Å². The molecular formula is C10H21O2S2+. The van der Waals surface area contributed by atoms with Crippen LogP contribution in [0.25, 0.3) is 0 Å². The van der Waals surface area contributed by atoms with Crippen LogP contribution in [0.15, 0.2) is 0 Å². The molecule has 0 aromatic heterocycles. The van der Waals surface area contributed by atoms with Gasteiger partial charge in [0.15, 0.2) is 16.9 Å². The van der Waals surface area contributed by atoms with Gasteiger partial charge in [-0.15, -0.1) is 4.18 Å². The lowest BCUT2D eigenvalue weighted by molar-refractivity contribution is 0.126. The fourth-order valence-electron chi connectivity index (χ4n) is 1.19. The highest BCUT2D eigenvalue weighted by Crippen LogP contribution is 2.31. The molecule has 0 aromatic carbocycles. The molecule has 1 saturated heterocycles. The van der Waals surface area contributed by atoms with E-state index in [0.29, 0.717) is 5.44 Å². The fourth-order valence-corrected chi connectivity index (χ4v) is 3.81. The largest absolute Gasteiger partial charge is 0.381 e. The number of hydrogen-bond acceptors (Lipinski definition) is 3. The molecule has 0 saturated carbocycles. The van der Waals surface area contributed by atoms with Crippen molar-refractivity contribution < 1.29 is 8.92 Å². The minimum atomic E-state index is 0.289. The maximum absolute atomic E-state index is 5.58. The summed E-state index contributed by atoms with van der Waals surface area (Å²) in [6.07, 6.45) is 2.21. The summed E-state index contributed by atoms with van der Waals surface area (Å²) in [5.41, 5.74) is 0.532. The average molecular weight is 237 g/mol. The van der Waals surface area contributed by atoms with Gasteiger partial charge in [0.05, 0.1) is 13.0 Å². The van der Waals surface area contributed by atoms with Crippen molar-refractivity contribution in [1.29, 1.82) is 0 Å². The highest BCUT2D eigenvalue weighted by Gasteiger charge is 2.53. The normalized spacial score (nSPS) is 25.3. The molecule has 0 amide bonds. The van der Waals surface area contributed by atoms with Crippen molar-refractivity contribution in [3.63, 3.8) is 0 Å². The van der Waals surface area contributed by atoms with Crippen molar-refractivity contribution in [2.45, 2.75) is 32.1 Å². The summed E-state index contributed by atoms with van der Waals surface area (Å²) in [6, 6.07) is 0. The van der Waals surface area contributed by atoms with Gasteiger partial charge >= 0.3 is 5.44 Å². The van der Waals surface area contributed by atoms with Crippen molar-refractivity contribution >= 4 is 22.9 Å². The van der Waals surface area contributed by atoms with Crippen LogP contribution in [-0.2, 0) is 20.1 Å². The van der Waals surface area contributed by atoms with Gasteiger partial charge in [-0.2, -0.15) is 11.8 Å². The predicted molar refractivity (Wildman–Crippen MR) is 65.8 cm³/mol. The van der Waals surface area contributed by atoms with E-state index in [2.05, 4.69) is 13.8 Å².